The van der Waals surface area contributed by atoms with Gasteiger partial charge in [-0.3, -0.25) is 14.6 Å². The predicted octanol–water partition coefficient (Wildman–Crippen LogP) is 5.25. The number of imidazole rings is 1. The molecule has 37 heavy (non-hydrogen) atoms. The van der Waals surface area contributed by atoms with Crippen molar-refractivity contribution in [3.8, 4) is 0 Å². The molecule has 1 N–H and O–H groups in total. The van der Waals surface area contributed by atoms with Crippen molar-refractivity contribution in [1.82, 2.24) is 19.4 Å². The molecular formula is C28H30N4O4S. The van der Waals surface area contributed by atoms with E-state index in [1.54, 1.807) is 52.8 Å². The monoisotopic (exact) mass is 518 g/mol. The minimum atomic E-state index is -0.964. The minimum Gasteiger partial charge on any atom is -0.478 e. The number of nitrogens with zero attached hydrogens (tertiary/aromatic N) is 4. The van der Waals surface area contributed by atoms with Crippen LogP contribution in [0.15, 0.2) is 53.7 Å². The molecular weight excluding hydrogens is 488 g/mol. The number of rotatable bonds is 11. The second kappa shape index (κ2) is 10.7. The summed E-state index contributed by atoms with van der Waals surface area (Å²) < 4.78 is 2.06. The molecule has 5 rings (SSSR count). The summed E-state index contributed by atoms with van der Waals surface area (Å²) in [6, 6.07) is 10.4. The van der Waals surface area contributed by atoms with Gasteiger partial charge in [-0.05, 0) is 60.4 Å². The number of benzene rings is 1. The van der Waals surface area contributed by atoms with Crippen LogP contribution in [0.4, 0.5) is 4.79 Å². The molecule has 1 aromatic carbocycles. The van der Waals surface area contributed by atoms with Crippen molar-refractivity contribution >= 4 is 35.3 Å². The number of unbranched alkanes of at least 4 members (excludes halogenated alkanes) is 1. The first kappa shape index (κ1) is 25.0. The Morgan fingerprint density at radius 2 is 1.92 bits per heavy atom. The molecule has 2 aromatic heterocycles. The van der Waals surface area contributed by atoms with Crippen LogP contribution < -0.4 is 0 Å². The summed E-state index contributed by atoms with van der Waals surface area (Å²) in [6.07, 6.45) is 8.43. The quantitative estimate of drug-likeness (QED) is 0.276. The van der Waals surface area contributed by atoms with E-state index in [9.17, 15) is 19.5 Å². The van der Waals surface area contributed by atoms with E-state index < -0.39 is 5.97 Å². The van der Waals surface area contributed by atoms with Crippen LogP contribution in [0, 0.1) is 5.92 Å². The van der Waals surface area contributed by atoms with E-state index >= 15 is 0 Å². The van der Waals surface area contributed by atoms with E-state index in [1.807, 2.05) is 17.5 Å². The summed E-state index contributed by atoms with van der Waals surface area (Å²) in [6.45, 7) is 3.42. The van der Waals surface area contributed by atoms with Gasteiger partial charge in [-0.15, -0.1) is 11.3 Å². The van der Waals surface area contributed by atoms with E-state index in [-0.39, 0.29) is 17.5 Å². The molecule has 9 heteroatoms. The maximum absolute atomic E-state index is 13.5. The van der Waals surface area contributed by atoms with Gasteiger partial charge in [0, 0.05) is 24.4 Å². The van der Waals surface area contributed by atoms with Crippen molar-refractivity contribution in [2.75, 3.05) is 6.54 Å². The summed E-state index contributed by atoms with van der Waals surface area (Å²) in [5.41, 5.74) is 2.27. The van der Waals surface area contributed by atoms with Crippen LogP contribution in [-0.4, -0.2) is 48.9 Å². The average molecular weight is 519 g/mol. The number of thiophene rings is 1. The van der Waals surface area contributed by atoms with E-state index in [0.29, 0.717) is 31.2 Å². The SMILES string of the molecule is CCCCc1ncc(/C=C2\C(=O)N(CC3CC3)C(=O)N2Cc2cccs2)n1Cc1ccc(C(=O)O)cc1. The fourth-order valence-corrected chi connectivity index (χ4v) is 5.19. The fraction of sp³-hybridized carbons (Fsp3) is 0.357. The number of carbonyl (C=O) groups excluding carboxylic acids is 2. The van der Waals surface area contributed by atoms with Crippen LogP contribution in [0.3, 0.4) is 0 Å². The first-order chi connectivity index (χ1) is 17.9. The van der Waals surface area contributed by atoms with Crippen LogP contribution in [0.2, 0.25) is 0 Å². The van der Waals surface area contributed by atoms with Gasteiger partial charge in [-0.2, -0.15) is 0 Å². The lowest BCUT2D eigenvalue weighted by molar-refractivity contribution is -0.123. The average Bonchev–Trinajstić information content (AvgIpc) is 3.34. The van der Waals surface area contributed by atoms with Gasteiger partial charge in [0.25, 0.3) is 5.91 Å². The molecule has 192 valence electrons. The second-order valence-corrected chi connectivity index (χ2v) is 10.7. The maximum atomic E-state index is 13.5. The van der Waals surface area contributed by atoms with Gasteiger partial charge in [0.15, 0.2) is 0 Å². The predicted molar refractivity (Wildman–Crippen MR) is 141 cm³/mol. The zero-order chi connectivity index (χ0) is 25.9. The highest BCUT2D eigenvalue weighted by molar-refractivity contribution is 7.09. The van der Waals surface area contributed by atoms with Crippen LogP contribution in [-0.2, 0) is 24.3 Å². The molecule has 0 atom stereocenters. The molecule has 0 radical (unpaired) electrons. The van der Waals surface area contributed by atoms with Crippen LogP contribution in [0.1, 0.15) is 64.9 Å². The van der Waals surface area contributed by atoms with Gasteiger partial charge in [0.05, 0.1) is 24.0 Å². The summed E-state index contributed by atoms with van der Waals surface area (Å²) in [5, 5.41) is 11.2. The van der Waals surface area contributed by atoms with Gasteiger partial charge in [0.2, 0.25) is 0 Å². The third-order valence-electron chi connectivity index (χ3n) is 6.80. The van der Waals surface area contributed by atoms with E-state index in [1.165, 1.54) is 4.90 Å². The topological polar surface area (TPSA) is 95.7 Å². The molecule has 3 heterocycles. The Morgan fingerprint density at radius 3 is 2.57 bits per heavy atom. The van der Waals surface area contributed by atoms with Crippen molar-refractivity contribution in [3.05, 3.63) is 81.2 Å². The summed E-state index contributed by atoms with van der Waals surface area (Å²) in [4.78, 5) is 46.7. The molecule has 0 spiro atoms. The number of carboxylic acids is 1. The number of aromatic carboxylic acids is 1. The molecule has 8 nitrogen and oxygen atoms in total. The van der Waals surface area contributed by atoms with Crippen molar-refractivity contribution in [3.63, 3.8) is 0 Å². The Hall–Kier alpha value is -3.72. The number of aromatic nitrogens is 2. The minimum absolute atomic E-state index is 0.234. The summed E-state index contributed by atoms with van der Waals surface area (Å²) >= 11 is 1.56. The summed E-state index contributed by atoms with van der Waals surface area (Å²) in [5.74, 6) is 0.0690. The Morgan fingerprint density at radius 1 is 1.14 bits per heavy atom. The van der Waals surface area contributed by atoms with Crippen LogP contribution in [0.5, 0.6) is 0 Å². The highest BCUT2D eigenvalue weighted by Gasteiger charge is 2.43. The Bertz CT molecular complexity index is 1320. The molecule has 1 aliphatic carbocycles. The lowest BCUT2D eigenvalue weighted by atomic mass is 10.1. The number of amides is 3. The molecule has 1 saturated heterocycles. The van der Waals surface area contributed by atoms with Gasteiger partial charge in [-0.25, -0.2) is 14.6 Å². The fourth-order valence-electron chi connectivity index (χ4n) is 4.50. The van der Waals surface area contributed by atoms with Gasteiger partial charge < -0.3 is 9.67 Å². The Balaban J connectivity index is 1.50. The number of carbonyl (C=O) groups is 3. The maximum Gasteiger partial charge on any atom is 0.335 e. The smallest absolute Gasteiger partial charge is 0.335 e. The molecule has 3 aromatic rings. The molecule has 0 bridgehead atoms. The normalized spacial score (nSPS) is 16.8. The lowest BCUT2D eigenvalue weighted by Gasteiger charge is -2.16. The molecule has 1 aliphatic heterocycles. The van der Waals surface area contributed by atoms with Gasteiger partial charge >= 0.3 is 12.0 Å². The van der Waals surface area contributed by atoms with E-state index in [0.717, 1.165) is 54.1 Å². The molecule has 2 fully saturated rings. The van der Waals surface area contributed by atoms with Crippen LogP contribution in [0.25, 0.3) is 6.08 Å². The number of hydrogen-bond donors (Lipinski definition) is 1. The third-order valence-corrected chi connectivity index (χ3v) is 7.66. The van der Waals surface area contributed by atoms with Gasteiger partial charge in [-0.1, -0.05) is 31.5 Å². The first-order valence-corrected chi connectivity index (χ1v) is 13.6. The van der Waals surface area contributed by atoms with Gasteiger partial charge in [0.1, 0.15) is 11.5 Å². The molecule has 0 unspecified atom stereocenters. The second-order valence-electron chi connectivity index (χ2n) is 9.63. The zero-order valence-corrected chi connectivity index (χ0v) is 21.6. The zero-order valence-electron chi connectivity index (χ0n) is 20.8. The number of hydrogen-bond acceptors (Lipinski definition) is 5. The Kier molecular flexibility index (Phi) is 7.23. The van der Waals surface area contributed by atoms with E-state index in [2.05, 4.69) is 16.5 Å². The highest BCUT2D eigenvalue weighted by atomic mass is 32.1. The summed E-state index contributed by atoms with van der Waals surface area (Å²) in [7, 11) is 0. The standard InChI is InChI=1S/C28H30N4O4S/c1-2-3-6-25-29-15-22(30(25)16-20-9-11-21(12-10-20)27(34)35)14-24-26(33)32(17-19-7-8-19)28(36)31(24)18-23-5-4-13-37-23/h4-5,9-15,19H,2-3,6-8,16-18H2,1H3,(H,34,35)/b24-14+. The number of carboxylic acid groups (broad SMARTS) is 1. The molecule has 1 saturated carbocycles. The third kappa shape index (κ3) is 5.51. The largest absolute Gasteiger partial charge is 0.478 e. The van der Waals surface area contributed by atoms with Crippen molar-refractivity contribution in [2.45, 2.75) is 52.1 Å². The number of imide groups is 1. The van der Waals surface area contributed by atoms with E-state index in [4.69, 9.17) is 0 Å². The molecule has 2 aliphatic rings. The highest BCUT2D eigenvalue weighted by Crippen LogP contribution is 2.34. The Labute approximate surface area is 219 Å². The molecule has 3 amide bonds. The van der Waals surface area contributed by atoms with Crippen molar-refractivity contribution in [1.29, 1.82) is 0 Å². The number of aryl methyl sites for hydroxylation is 1. The van der Waals surface area contributed by atoms with Crippen LogP contribution >= 0.6 is 11.3 Å². The number of urea groups is 1. The van der Waals surface area contributed by atoms with Crippen molar-refractivity contribution in [2.24, 2.45) is 5.92 Å². The first-order valence-electron chi connectivity index (χ1n) is 12.7. The lowest BCUT2D eigenvalue weighted by Crippen LogP contribution is -2.34. The van der Waals surface area contributed by atoms with Crippen molar-refractivity contribution < 1.29 is 19.5 Å².